The molecule has 18 heavy (non-hydrogen) atoms. The van der Waals surface area contributed by atoms with Crippen molar-refractivity contribution in [3.8, 4) is 0 Å². The first-order chi connectivity index (χ1) is 8.45. The lowest BCUT2D eigenvalue weighted by atomic mass is 10.1. The smallest absolute Gasteiger partial charge is 0.200 e. The molecule has 0 fully saturated rings. The molecule has 2 aromatic rings. The molecule has 0 saturated heterocycles. The van der Waals surface area contributed by atoms with Crippen LogP contribution in [0.4, 0.5) is 22.0 Å². The molecule has 0 bridgehead atoms. The standard InChI is InChI=1S/C11H4BrF5S/c12-6(4-2-1-3-18-4)5-7(13)9(15)11(17)10(16)8(5)14/h1-3,6H. The molecule has 0 aliphatic heterocycles. The Morgan fingerprint density at radius 1 is 0.889 bits per heavy atom. The van der Waals surface area contributed by atoms with Crippen molar-refractivity contribution in [2.45, 2.75) is 4.83 Å². The minimum atomic E-state index is -2.15. The Bertz CT molecular complexity index is 553. The third-order valence-corrected chi connectivity index (χ3v) is 4.48. The maximum atomic E-state index is 13.5. The lowest BCUT2D eigenvalue weighted by Gasteiger charge is -2.12. The highest BCUT2D eigenvalue weighted by atomic mass is 79.9. The fourth-order valence-electron chi connectivity index (χ4n) is 1.42. The topological polar surface area (TPSA) is 0 Å². The Morgan fingerprint density at radius 2 is 1.39 bits per heavy atom. The molecular weight excluding hydrogens is 339 g/mol. The van der Waals surface area contributed by atoms with Crippen LogP contribution in [0.3, 0.4) is 0 Å². The van der Waals surface area contributed by atoms with Crippen molar-refractivity contribution in [3.05, 3.63) is 57.0 Å². The Labute approximate surface area is 111 Å². The summed E-state index contributed by atoms with van der Waals surface area (Å²) in [5.41, 5.74) is -0.881. The Hall–Kier alpha value is -0.950. The van der Waals surface area contributed by atoms with E-state index in [0.717, 1.165) is 11.3 Å². The van der Waals surface area contributed by atoms with E-state index in [1.807, 2.05) is 0 Å². The van der Waals surface area contributed by atoms with E-state index in [0.29, 0.717) is 4.88 Å². The zero-order valence-electron chi connectivity index (χ0n) is 8.49. The van der Waals surface area contributed by atoms with Crippen molar-refractivity contribution in [2.75, 3.05) is 0 Å². The number of alkyl halides is 1. The van der Waals surface area contributed by atoms with Gasteiger partial charge in [-0.3, -0.25) is 0 Å². The van der Waals surface area contributed by atoms with Crippen LogP contribution in [-0.2, 0) is 0 Å². The minimum Gasteiger partial charge on any atom is -0.203 e. The molecule has 96 valence electrons. The monoisotopic (exact) mass is 342 g/mol. The van der Waals surface area contributed by atoms with Gasteiger partial charge in [0.2, 0.25) is 5.82 Å². The van der Waals surface area contributed by atoms with Crippen LogP contribution in [0.1, 0.15) is 15.3 Å². The van der Waals surface area contributed by atoms with Crippen LogP contribution in [0, 0.1) is 29.1 Å². The van der Waals surface area contributed by atoms with Gasteiger partial charge in [-0.05, 0) is 11.4 Å². The van der Waals surface area contributed by atoms with Gasteiger partial charge in [0.15, 0.2) is 23.3 Å². The van der Waals surface area contributed by atoms with Gasteiger partial charge in [-0.1, -0.05) is 22.0 Å². The fraction of sp³-hybridized carbons (Fsp3) is 0.0909. The van der Waals surface area contributed by atoms with Gasteiger partial charge in [-0.2, -0.15) is 0 Å². The van der Waals surface area contributed by atoms with Crippen molar-refractivity contribution in [1.29, 1.82) is 0 Å². The first-order valence-corrected chi connectivity index (χ1v) is 6.43. The largest absolute Gasteiger partial charge is 0.203 e. The summed E-state index contributed by atoms with van der Waals surface area (Å²) in [7, 11) is 0. The second-order valence-corrected chi connectivity index (χ2v) is 5.26. The zero-order chi connectivity index (χ0) is 13.4. The molecule has 0 aliphatic carbocycles. The second-order valence-electron chi connectivity index (χ2n) is 3.36. The summed E-state index contributed by atoms with van der Waals surface area (Å²) in [6.45, 7) is 0. The molecule has 7 heteroatoms. The molecule has 0 nitrogen and oxygen atoms in total. The Balaban J connectivity index is 2.65. The van der Waals surface area contributed by atoms with Crippen molar-refractivity contribution in [1.82, 2.24) is 0 Å². The molecule has 1 aromatic heterocycles. The first kappa shape index (κ1) is 13.5. The van der Waals surface area contributed by atoms with Gasteiger partial charge < -0.3 is 0 Å². The van der Waals surface area contributed by atoms with Gasteiger partial charge in [0.05, 0.1) is 4.83 Å². The molecule has 0 aliphatic rings. The van der Waals surface area contributed by atoms with E-state index < -0.39 is 39.5 Å². The number of halogens is 6. The highest BCUT2D eigenvalue weighted by Gasteiger charge is 2.30. The van der Waals surface area contributed by atoms with E-state index >= 15 is 0 Å². The number of hydrogen-bond donors (Lipinski definition) is 0. The summed E-state index contributed by atoms with van der Waals surface area (Å²) in [4.78, 5) is -0.639. The molecule has 0 amide bonds. The average molecular weight is 343 g/mol. The Morgan fingerprint density at radius 3 is 1.83 bits per heavy atom. The average Bonchev–Trinajstić information content (AvgIpc) is 2.88. The van der Waals surface area contributed by atoms with E-state index in [-0.39, 0.29) is 0 Å². The summed E-state index contributed by atoms with van der Waals surface area (Å²) in [5.74, 6) is -9.67. The maximum Gasteiger partial charge on any atom is 0.200 e. The van der Waals surface area contributed by atoms with E-state index in [2.05, 4.69) is 15.9 Å². The lowest BCUT2D eigenvalue weighted by molar-refractivity contribution is 0.371. The van der Waals surface area contributed by atoms with Crippen molar-refractivity contribution < 1.29 is 22.0 Å². The number of hydrogen-bond acceptors (Lipinski definition) is 1. The molecule has 1 unspecified atom stereocenters. The highest BCUT2D eigenvalue weighted by Crippen LogP contribution is 2.38. The third kappa shape index (κ3) is 2.05. The summed E-state index contributed by atoms with van der Waals surface area (Å²) >= 11 is 4.08. The molecule has 0 N–H and O–H groups in total. The SMILES string of the molecule is Fc1c(F)c(F)c(C(Br)c2cccs2)c(F)c1F. The zero-order valence-corrected chi connectivity index (χ0v) is 10.9. The lowest BCUT2D eigenvalue weighted by Crippen LogP contribution is -2.08. The van der Waals surface area contributed by atoms with Crippen LogP contribution in [0.15, 0.2) is 17.5 Å². The minimum absolute atomic E-state index is 0.443. The first-order valence-electron chi connectivity index (χ1n) is 4.64. The fourth-order valence-corrected chi connectivity index (χ4v) is 3.01. The molecule has 0 radical (unpaired) electrons. The van der Waals surface area contributed by atoms with Gasteiger partial charge >= 0.3 is 0 Å². The van der Waals surface area contributed by atoms with Crippen molar-refractivity contribution in [2.24, 2.45) is 0 Å². The van der Waals surface area contributed by atoms with Crippen LogP contribution in [0.25, 0.3) is 0 Å². The van der Waals surface area contributed by atoms with Gasteiger partial charge in [-0.15, -0.1) is 11.3 Å². The van der Waals surface area contributed by atoms with Gasteiger partial charge in [-0.25, -0.2) is 22.0 Å². The van der Waals surface area contributed by atoms with Crippen molar-refractivity contribution >= 4 is 27.3 Å². The molecule has 1 heterocycles. The van der Waals surface area contributed by atoms with Crippen LogP contribution in [0.2, 0.25) is 0 Å². The normalized spacial score (nSPS) is 12.8. The second kappa shape index (κ2) is 4.97. The van der Waals surface area contributed by atoms with Crippen molar-refractivity contribution in [3.63, 3.8) is 0 Å². The van der Waals surface area contributed by atoms with E-state index in [1.54, 1.807) is 11.4 Å². The molecule has 1 atom stereocenters. The summed E-state index contributed by atoms with van der Waals surface area (Å²) in [5, 5.41) is 1.63. The number of rotatable bonds is 2. The molecular formula is C11H4BrF5S. The van der Waals surface area contributed by atoms with Crippen LogP contribution in [-0.4, -0.2) is 0 Å². The quantitative estimate of drug-likeness (QED) is 0.314. The summed E-state index contributed by atoms with van der Waals surface area (Å²) in [6, 6.07) is 3.14. The molecule has 0 spiro atoms. The maximum absolute atomic E-state index is 13.5. The van der Waals surface area contributed by atoms with Gasteiger partial charge in [0.25, 0.3) is 0 Å². The summed E-state index contributed by atoms with van der Waals surface area (Å²) in [6.07, 6.45) is 0. The Kier molecular flexibility index (Phi) is 3.72. The molecule has 0 saturated carbocycles. The predicted octanol–water partition coefficient (Wildman–Crippen LogP) is 4.93. The van der Waals surface area contributed by atoms with E-state index in [1.165, 1.54) is 6.07 Å². The van der Waals surface area contributed by atoms with Crippen LogP contribution >= 0.6 is 27.3 Å². The predicted molar refractivity (Wildman–Crippen MR) is 61.3 cm³/mol. The van der Waals surface area contributed by atoms with Gasteiger partial charge in [0.1, 0.15) is 0 Å². The highest BCUT2D eigenvalue weighted by molar-refractivity contribution is 9.09. The molecule has 2 rings (SSSR count). The third-order valence-electron chi connectivity index (χ3n) is 2.29. The van der Waals surface area contributed by atoms with E-state index in [9.17, 15) is 22.0 Å². The number of thiophene rings is 1. The van der Waals surface area contributed by atoms with Gasteiger partial charge in [0, 0.05) is 10.4 Å². The van der Waals surface area contributed by atoms with E-state index in [4.69, 9.17) is 0 Å². The summed E-state index contributed by atoms with van der Waals surface area (Å²) < 4.78 is 65.9. The van der Waals surface area contributed by atoms with Crippen LogP contribution < -0.4 is 0 Å². The van der Waals surface area contributed by atoms with Crippen LogP contribution in [0.5, 0.6) is 0 Å². The molecule has 1 aromatic carbocycles. The number of benzene rings is 1.